The quantitative estimate of drug-likeness (QED) is 0.772. The first-order valence-electron chi connectivity index (χ1n) is 5.61. The fourth-order valence-corrected chi connectivity index (χ4v) is 1.80. The minimum Gasteiger partial charge on any atom is -0.508 e. The molecule has 0 atom stereocenters. The molecular formula is C14H22O. The second-order valence-corrected chi connectivity index (χ2v) is 5.79. The normalized spacial score (nSPS) is 12.1. The fourth-order valence-electron chi connectivity index (χ4n) is 1.80. The maximum absolute atomic E-state index is 9.86. The number of benzene rings is 1. The van der Waals surface area contributed by atoms with Crippen molar-refractivity contribution in [2.24, 2.45) is 5.41 Å². The third kappa shape index (κ3) is 3.58. The standard InChI is InChI=1S/C14H22O/c1-10(2)12-7-6-11(8-13(12)15)9-14(3,4)5/h6-8,10,15H,9H2,1-5H3. The fraction of sp³-hybridized carbons (Fsp3) is 0.571. The van der Waals surface area contributed by atoms with Crippen molar-refractivity contribution in [1.82, 2.24) is 0 Å². The van der Waals surface area contributed by atoms with Crippen LogP contribution in [0.25, 0.3) is 0 Å². The van der Waals surface area contributed by atoms with Gasteiger partial charge in [0, 0.05) is 0 Å². The monoisotopic (exact) mass is 206 g/mol. The molecule has 0 radical (unpaired) electrons. The second kappa shape index (κ2) is 4.26. The number of hydrogen-bond acceptors (Lipinski definition) is 1. The smallest absolute Gasteiger partial charge is 0.119 e. The molecule has 1 N–H and O–H groups in total. The number of phenols is 1. The molecule has 1 rings (SSSR count). The van der Waals surface area contributed by atoms with E-state index in [2.05, 4.69) is 40.7 Å². The van der Waals surface area contributed by atoms with Gasteiger partial charge in [0.25, 0.3) is 0 Å². The van der Waals surface area contributed by atoms with E-state index in [1.54, 1.807) is 0 Å². The van der Waals surface area contributed by atoms with Gasteiger partial charge in [0.05, 0.1) is 0 Å². The summed E-state index contributed by atoms with van der Waals surface area (Å²) < 4.78 is 0. The Hall–Kier alpha value is -0.980. The maximum atomic E-state index is 9.86. The number of hydrogen-bond donors (Lipinski definition) is 1. The minimum absolute atomic E-state index is 0.270. The largest absolute Gasteiger partial charge is 0.508 e. The molecular weight excluding hydrogens is 184 g/mol. The lowest BCUT2D eigenvalue weighted by molar-refractivity contribution is 0.408. The highest BCUT2D eigenvalue weighted by molar-refractivity contribution is 5.38. The van der Waals surface area contributed by atoms with Gasteiger partial charge < -0.3 is 5.11 Å². The summed E-state index contributed by atoms with van der Waals surface area (Å²) in [5, 5.41) is 9.86. The molecule has 0 aliphatic heterocycles. The highest BCUT2D eigenvalue weighted by Crippen LogP contribution is 2.29. The van der Waals surface area contributed by atoms with Crippen molar-refractivity contribution in [3.8, 4) is 5.75 Å². The molecule has 0 bridgehead atoms. The Morgan fingerprint density at radius 3 is 2.20 bits per heavy atom. The molecule has 0 aliphatic rings. The van der Waals surface area contributed by atoms with Gasteiger partial charge in [0.1, 0.15) is 5.75 Å². The Bertz CT molecular complexity index is 332. The van der Waals surface area contributed by atoms with Crippen LogP contribution in [0.1, 0.15) is 51.7 Å². The van der Waals surface area contributed by atoms with E-state index in [9.17, 15) is 5.11 Å². The van der Waals surface area contributed by atoms with Crippen LogP contribution < -0.4 is 0 Å². The molecule has 0 saturated carbocycles. The van der Waals surface area contributed by atoms with Crippen LogP contribution >= 0.6 is 0 Å². The van der Waals surface area contributed by atoms with Gasteiger partial charge in [-0.05, 0) is 34.9 Å². The molecule has 0 saturated heterocycles. The van der Waals surface area contributed by atoms with Gasteiger partial charge in [-0.2, -0.15) is 0 Å². The molecule has 84 valence electrons. The van der Waals surface area contributed by atoms with E-state index in [1.807, 2.05) is 12.1 Å². The Labute approximate surface area is 93.1 Å². The lowest BCUT2D eigenvalue weighted by atomic mass is 9.87. The van der Waals surface area contributed by atoms with Gasteiger partial charge in [-0.25, -0.2) is 0 Å². The van der Waals surface area contributed by atoms with Gasteiger partial charge >= 0.3 is 0 Å². The Balaban J connectivity index is 2.92. The first-order chi connectivity index (χ1) is 6.79. The van der Waals surface area contributed by atoms with E-state index in [4.69, 9.17) is 0 Å². The SMILES string of the molecule is CC(C)c1ccc(CC(C)(C)C)cc1O. The van der Waals surface area contributed by atoms with E-state index >= 15 is 0 Å². The zero-order valence-electron chi connectivity index (χ0n) is 10.5. The molecule has 0 unspecified atom stereocenters. The molecule has 1 aromatic rings. The topological polar surface area (TPSA) is 20.2 Å². The predicted octanol–water partition coefficient (Wildman–Crippen LogP) is 4.10. The molecule has 0 fully saturated rings. The average Bonchev–Trinajstić information content (AvgIpc) is 1.99. The Kier molecular flexibility index (Phi) is 3.43. The van der Waals surface area contributed by atoms with Crippen LogP contribution in [0.15, 0.2) is 18.2 Å². The molecule has 15 heavy (non-hydrogen) atoms. The predicted molar refractivity (Wildman–Crippen MR) is 65.4 cm³/mol. The van der Waals surface area contributed by atoms with Gasteiger partial charge in [-0.15, -0.1) is 0 Å². The first kappa shape index (κ1) is 12.1. The van der Waals surface area contributed by atoms with Gasteiger partial charge in [-0.3, -0.25) is 0 Å². The number of aromatic hydroxyl groups is 1. The first-order valence-corrected chi connectivity index (χ1v) is 5.61. The summed E-state index contributed by atoms with van der Waals surface area (Å²) in [7, 11) is 0. The summed E-state index contributed by atoms with van der Waals surface area (Å²) in [6.45, 7) is 10.8. The van der Waals surface area contributed by atoms with Crippen molar-refractivity contribution in [3.05, 3.63) is 29.3 Å². The lowest BCUT2D eigenvalue weighted by Crippen LogP contribution is -2.09. The van der Waals surface area contributed by atoms with Gasteiger partial charge in [0.15, 0.2) is 0 Å². The number of rotatable bonds is 2. The minimum atomic E-state index is 0.270. The van der Waals surface area contributed by atoms with Crippen molar-refractivity contribution >= 4 is 0 Å². The summed E-state index contributed by atoms with van der Waals surface area (Å²) >= 11 is 0. The molecule has 0 amide bonds. The molecule has 0 aromatic heterocycles. The van der Waals surface area contributed by atoms with Crippen LogP contribution in [-0.4, -0.2) is 5.11 Å². The van der Waals surface area contributed by atoms with Crippen LogP contribution in [-0.2, 0) is 6.42 Å². The molecule has 0 spiro atoms. The third-order valence-corrected chi connectivity index (χ3v) is 2.45. The second-order valence-electron chi connectivity index (χ2n) is 5.79. The summed E-state index contributed by atoms with van der Waals surface area (Å²) in [5.74, 6) is 0.820. The lowest BCUT2D eigenvalue weighted by Gasteiger charge is -2.19. The zero-order chi connectivity index (χ0) is 11.6. The Morgan fingerprint density at radius 2 is 1.80 bits per heavy atom. The van der Waals surface area contributed by atoms with Crippen molar-refractivity contribution in [3.63, 3.8) is 0 Å². The van der Waals surface area contributed by atoms with E-state index in [0.717, 1.165) is 12.0 Å². The summed E-state index contributed by atoms with van der Waals surface area (Å²) in [6, 6.07) is 6.07. The van der Waals surface area contributed by atoms with E-state index in [-0.39, 0.29) is 5.41 Å². The highest BCUT2D eigenvalue weighted by atomic mass is 16.3. The molecule has 0 heterocycles. The maximum Gasteiger partial charge on any atom is 0.119 e. The van der Waals surface area contributed by atoms with Crippen LogP contribution in [0.3, 0.4) is 0 Å². The summed E-state index contributed by atoms with van der Waals surface area (Å²) in [4.78, 5) is 0. The third-order valence-electron chi connectivity index (χ3n) is 2.45. The van der Waals surface area contributed by atoms with Crippen molar-refractivity contribution < 1.29 is 5.11 Å². The van der Waals surface area contributed by atoms with Crippen molar-refractivity contribution in [1.29, 1.82) is 0 Å². The Morgan fingerprint density at radius 1 is 1.20 bits per heavy atom. The van der Waals surface area contributed by atoms with E-state index < -0.39 is 0 Å². The summed E-state index contributed by atoms with van der Waals surface area (Å²) in [6.07, 6.45) is 0.999. The van der Waals surface area contributed by atoms with Gasteiger partial charge in [-0.1, -0.05) is 46.8 Å². The highest BCUT2D eigenvalue weighted by Gasteiger charge is 2.13. The van der Waals surface area contributed by atoms with Gasteiger partial charge in [0.2, 0.25) is 0 Å². The van der Waals surface area contributed by atoms with Crippen molar-refractivity contribution in [2.45, 2.75) is 47.0 Å². The summed E-state index contributed by atoms with van der Waals surface area (Å²) in [5.41, 5.74) is 2.52. The molecule has 1 nitrogen and oxygen atoms in total. The molecule has 0 aliphatic carbocycles. The molecule has 1 aromatic carbocycles. The van der Waals surface area contributed by atoms with Crippen LogP contribution in [0, 0.1) is 5.41 Å². The van der Waals surface area contributed by atoms with E-state index in [1.165, 1.54) is 5.56 Å². The molecule has 1 heteroatoms. The van der Waals surface area contributed by atoms with Crippen LogP contribution in [0.4, 0.5) is 0 Å². The van der Waals surface area contributed by atoms with E-state index in [0.29, 0.717) is 11.7 Å². The van der Waals surface area contributed by atoms with Crippen LogP contribution in [0.2, 0.25) is 0 Å². The zero-order valence-corrected chi connectivity index (χ0v) is 10.5. The van der Waals surface area contributed by atoms with Crippen LogP contribution in [0.5, 0.6) is 5.75 Å². The number of phenolic OH excluding ortho intramolecular Hbond substituents is 1. The average molecular weight is 206 g/mol. The van der Waals surface area contributed by atoms with Crippen molar-refractivity contribution in [2.75, 3.05) is 0 Å².